The smallest absolute Gasteiger partial charge is 0.158 e. The molecule has 0 bridgehead atoms. The highest BCUT2D eigenvalue weighted by Gasteiger charge is 2.01. The molecule has 0 saturated carbocycles. The van der Waals surface area contributed by atoms with E-state index in [9.17, 15) is 10.2 Å². The second-order valence-corrected chi connectivity index (χ2v) is 3.27. The fraction of sp³-hybridized carbons (Fsp3) is 0. The van der Waals surface area contributed by atoms with E-state index < -0.39 is 0 Å². The Morgan fingerprint density at radius 2 is 1.46 bits per heavy atom. The number of phenols is 2. The molecule has 2 rings (SSSR count). The van der Waals surface area contributed by atoms with Gasteiger partial charge in [-0.25, -0.2) is 0 Å². The van der Waals surface area contributed by atoms with Crippen LogP contribution in [-0.2, 0) is 0 Å². The van der Waals surface area contributed by atoms with E-state index in [1.807, 2.05) is 0 Å². The monoisotopic (exact) mass is 194 g/mol. The molecular weight excluding hydrogens is 188 g/mol. The SMILES string of the molecule is Oc1cc2ccc(Cl)cc2cc1O. The van der Waals surface area contributed by atoms with Crippen LogP contribution in [0.3, 0.4) is 0 Å². The molecule has 0 unspecified atom stereocenters. The van der Waals surface area contributed by atoms with Crippen molar-refractivity contribution in [2.45, 2.75) is 0 Å². The fourth-order valence-corrected chi connectivity index (χ4v) is 1.43. The van der Waals surface area contributed by atoms with Crippen LogP contribution in [0.25, 0.3) is 10.8 Å². The minimum absolute atomic E-state index is 0.116. The molecule has 0 atom stereocenters. The Labute approximate surface area is 80.0 Å². The van der Waals surface area contributed by atoms with Crippen molar-refractivity contribution in [2.75, 3.05) is 0 Å². The summed E-state index contributed by atoms with van der Waals surface area (Å²) in [5.41, 5.74) is 0. The number of halogens is 1. The van der Waals surface area contributed by atoms with E-state index in [1.54, 1.807) is 18.2 Å². The van der Waals surface area contributed by atoms with Crippen molar-refractivity contribution in [3.05, 3.63) is 35.4 Å². The predicted molar refractivity (Wildman–Crippen MR) is 52.3 cm³/mol. The quantitative estimate of drug-likeness (QED) is 0.633. The van der Waals surface area contributed by atoms with Gasteiger partial charge in [0.15, 0.2) is 11.5 Å². The summed E-state index contributed by atoms with van der Waals surface area (Å²) in [4.78, 5) is 0. The van der Waals surface area contributed by atoms with Crippen LogP contribution in [0.15, 0.2) is 30.3 Å². The number of phenolic OH excluding ortho intramolecular Hbond substituents is 2. The normalized spacial score (nSPS) is 10.5. The molecule has 0 saturated heterocycles. The van der Waals surface area contributed by atoms with Crippen molar-refractivity contribution in [3.63, 3.8) is 0 Å². The maximum Gasteiger partial charge on any atom is 0.158 e. The minimum atomic E-state index is -0.130. The lowest BCUT2D eigenvalue weighted by Gasteiger charge is -2.01. The maximum atomic E-state index is 9.22. The van der Waals surface area contributed by atoms with E-state index in [1.165, 1.54) is 12.1 Å². The molecule has 13 heavy (non-hydrogen) atoms. The number of fused-ring (bicyclic) bond motifs is 1. The number of rotatable bonds is 0. The van der Waals surface area contributed by atoms with Gasteiger partial charge in [-0.3, -0.25) is 0 Å². The van der Waals surface area contributed by atoms with Crippen LogP contribution in [0, 0.1) is 0 Å². The zero-order valence-electron chi connectivity index (χ0n) is 6.66. The van der Waals surface area contributed by atoms with Gasteiger partial charge in [-0.15, -0.1) is 0 Å². The van der Waals surface area contributed by atoms with Gasteiger partial charge in [-0.05, 0) is 35.0 Å². The molecule has 0 spiro atoms. The van der Waals surface area contributed by atoms with E-state index in [0.717, 1.165) is 10.8 Å². The summed E-state index contributed by atoms with van der Waals surface area (Å²) >= 11 is 5.77. The summed E-state index contributed by atoms with van der Waals surface area (Å²) in [5.74, 6) is -0.246. The van der Waals surface area contributed by atoms with Gasteiger partial charge in [0.1, 0.15) is 0 Å². The predicted octanol–water partition coefficient (Wildman–Crippen LogP) is 2.90. The number of hydrogen-bond donors (Lipinski definition) is 2. The highest BCUT2D eigenvalue weighted by Crippen LogP contribution is 2.31. The molecule has 2 nitrogen and oxygen atoms in total. The third-order valence-electron chi connectivity index (χ3n) is 1.90. The van der Waals surface area contributed by atoms with Gasteiger partial charge in [-0.2, -0.15) is 0 Å². The van der Waals surface area contributed by atoms with Crippen molar-refractivity contribution in [3.8, 4) is 11.5 Å². The lowest BCUT2D eigenvalue weighted by atomic mass is 10.1. The summed E-state index contributed by atoms with van der Waals surface area (Å²) < 4.78 is 0. The summed E-state index contributed by atoms with van der Waals surface area (Å²) in [7, 11) is 0. The Balaban J connectivity index is 2.81. The molecule has 3 heteroatoms. The third kappa shape index (κ3) is 1.40. The molecule has 2 N–H and O–H groups in total. The molecule has 0 aliphatic heterocycles. The Morgan fingerprint density at radius 3 is 2.15 bits per heavy atom. The van der Waals surface area contributed by atoms with E-state index >= 15 is 0 Å². The lowest BCUT2D eigenvalue weighted by Crippen LogP contribution is -1.74. The zero-order valence-corrected chi connectivity index (χ0v) is 7.42. The topological polar surface area (TPSA) is 40.5 Å². The lowest BCUT2D eigenvalue weighted by molar-refractivity contribution is 0.405. The van der Waals surface area contributed by atoms with Crippen molar-refractivity contribution in [1.82, 2.24) is 0 Å². The summed E-state index contributed by atoms with van der Waals surface area (Å²) in [6.45, 7) is 0. The first-order valence-corrected chi connectivity index (χ1v) is 4.16. The second-order valence-electron chi connectivity index (χ2n) is 2.83. The minimum Gasteiger partial charge on any atom is -0.504 e. The molecule has 0 fully saturated rings. The summed E-state index contributed by atoms with van der Waals surface area (Å²) in [5, 5.41) is 20.7. The number of hydrogen-bond acceptors (Lipinski definition) is 2. The van der Waals surface area contributed by atoms with E-state index in [-0.39, 0.29) is 11.5 Å². The number of benzene rings is 2. The first-order valence-electron chi connectivity index (χ1n) is 3.78. The highest BCUT2D eigenvalue weighted by molar-refractivity contribution is 6.31. The first-order chi connectivity index (χ1) is 6.16. The van der Waals surface area contributed by atoms with E-state index in [4.69, 9.17) is 11.6 Å². The maximum absolute atomic E-state index is 9.22. The molecule has 0 aromatic heterocycles. The molecule has 2 aromatic carbocycles. The fourth-order valence-electron chi connectivity index (χ4n) is 1.24. The Kier molecular flexibility index (Phi) is 1.78. The van der Waals surface area contributed by atoms with Crippen LogP contribution in [0.2, 0.25) is 5.02 Å². The van der Waals surface area contributed by atoms with Crippen molar-refractivity contribution >= 4 is 22.4 Å². The van der Waals surface area contributed by atoms with E-state index in [0.29, 0.717) is 5.02 Å². The van der Waals surface area contributed by atoms with Crippen LogP contribution in [0.1, 0.15) is 0 Å². The second kappa shape index (κ2) is 2.82. The van der Waals surface area contributed by atoms with Crippen LogP contribution in [0.4, 0.5) is 0 Å². The zero-order chi connectivity index (χ0) is 9.42. The van der Waals surface area contributed by atoms with Gasteiger partial charge < -0.3 is 10.2 Å². The molecule has 2 aromatic rings. The molecule has 66 valence electrons. The van der Waals surface area contributed by atoms with E-state index in [2.05, 4.69) is 0 Å². The van der Waals surface area contributed by atoms with Gasteiger partial charge in [0.25, 0.3) is 0 Å². The van der Waals surface area contributed by atoms with Crippen LogP contribution in [0.5, 0.6) is 11.5 Å². The molecule has 0 aliphatic carbocycles. The van der Waals surface area contributed by atoms with Crippen LogP contribution in [-0.4, -0.2) is 10.2 Å². The largest absolute Gasteiger partial charge is 0.504 e. The van der Waals surface area contributed by atoms with Crippen LogP contribution < -0.4 is 0 Å². The molecule has 0 radical (unpaired) electrons. The number of aromatic hydroxyl groups is 2. The van der Waals surface area contributed by atoms with Gasteiger partial charge in [0.05, 0.1) is 0 Å². The van der Waals surface area contributed by atoms with Crippen molar-refractivity contribution in [2.24, 2.45) is 0 Å². The standard InChI is InChI=1S/C10H7ClO2/c11-8-2-1-6-4-9(12)10(13)5-7(6)3-8/h1-5,12-13H. The van der Waals surface area contributed by atoms with Gasteiger partial charge in [0, 0.05) is 5.02 Å². The average molecular weight is 195 g/mol. The summed E-state index contributed by atoms with van der Waals surface area (Å²) in [6.07, 6.45) is 0. The molecule has 0 aliphatic rings. The van der Waals surface area contributed by atoms with Crippen LogP contribution >= 0.6 is 11.6 Å². The van der Waals surface area contributed by atoms with Crippen molar-refractivity contribution < 1.29 is 10.2 Å². The van der Waals surface area contributed by atoms with Gasteiger partial charge in [-0.1, -0.05) is 17.7 Å². The Bertz CT molecular complexity index is 466. The molecule has 0 heterocycles. The van der Waals surface area contributed by atoms with Gasteiger partial charge in [0.2, 0.25) is 0 Å². The average Bonchev–Trinajstić information content (AvgIpc) is 2.08. The summed E-state index contributed by atoms with van der Waals surface area (Å²) in [6, 6.07) is 8.24. The third-order valence-corrected chi connectivity index (χ3v) is 2.13. The first kappa shape index (κ1) is 8.20. The van der Waals surface area contributed by atoms with Crippen molar-refractivity contribution in [1.29, 1.82) is 0 Å². The van der Waals surface area contributed by atoms with Gasteiger partial charge >= 0.3 is 0 Å². The molecule has 0 amide bonds. The molecular formula is C10H7ClO2. The Hall–Kier alpha value is -1.41. The highest BCUT2D eigenvalue weighted by atomic mass is 35.5. The Morgan fingerprint density at radius 1 is 0.846 bits per heavy atom.